The van der Waals surface area contributed by atoms with Crippen LogP contribution < -0.4 is 15.8 Å². The van der Waals surface area contributed by atoms with E-state index in [0.29, 0.717) is 5.56 Å². The summed E-state index contributed by atoms with van der Waals surface area (Å²) in [6.45, 7) is 0.127. The number of amides is 1. The van der Waals surface area contributed by atoms with Gasteiger partial charge in [0, 0.05) is 6.20 Å². The van der Waals surface area contributed by atoms with Gasteiger partial charge in [0.25, 0.3) is 5.91 Å². The van der Waals surface area contributed by atoms with Crippen LogP contribution >= 0.6 is 0 Å². The van der Waals surface area contributed by atoms with E-state index in [-0.39, 0.29) is 24.5 Å². The Hall–Kier alpha value is -1.85. The number of ether oxygens (including phenoxy) is 1. The molecular weight excluding hydrogens is 160 g/mol. The van der Waals surface area contributed by atoms with E-state index in [4.69, 9.17) is 10.5 Å². The first-order chi connectivity index (χ1) is 5.77. The standard InChI is InChI=1S/C6H6N4O2/c7-6-8-1-3-4(11)9-2-12-5(3)10-6/h1H,2H2,(H,9,11)(H2,7,8,10). The molecule has 1 aliphatic heterocycles. The third-order valence-electron chi connectivity index (χ3n) is 1.46. The van der Waals surface area contributed by atoms with E-state index in [1.165, 1.54) is 6.20 Å². The van der Waals surface area contributed by atoms with E-state index >= 15 is 0 Å². The first-order valence-electron chi connectivity index (χ1n) is 3.31. The van der Waals surface area contributed by atoms with Gasteiger partial charge in [0.1, 0.15) is 5.56 Å². The Kier molecular flexibility index (Phi) is 1.33. The van der Waals surface area contributed by atoms with Crippen molar-refractivity contribution in [2.75, 3.05) is 12.5 Å². The lowest BCUT2D eigenvalue weighted by Gasteiger charge is -2.15. The van der Waals surface area contributed by atoms with Crippen molar-refractivity contribution in [3.8, 4) is 5.88 Å². The maximum atomic E-state index is 11.1. The number of nitrogens with two attached hydrogens (primary N) is 1. The number of hydrogen-bond donors (Lipinski definition) is 2. The molecule has 0 aromatic carbocycles. The van der Waals surface area contributed by atoms with E-state index in [0.717, 1.165) is 0 Å². The zero-order valence-corrected chi connectivity index (χ0v) is 6.07. The van der Waals surface area contributed by atoms with E-state index < -0.39 is 0 Å². The van der Waals surface area contributed by atoms with Gasteiger partial charge in [0.05, 0.1) is 0 Å². The monoisotopic (exact) mass is 166 g/mol. The van der Waals surface area contributed by atoms with Crippen LogP contribution in [0.5, 0.6) is 5.88 Å². The van der Waals surface area contributed by atoms with Crippen molar-refractivity contribution in [2.45, 2.75) is 0 Å². The molecular formula is C6H6N4O2. The van der Waals surface area contributed by atoms with Crippen LogP contribution in [0, 0.1) is 0 Å². The Bertz CT molecular complexity index is 338. The molecule has 6 nitrogen and oxygen atoms in total. The fraction of sp³-hybridized carbons (Fsp3) is 0.167. The topological polar surface area (TPSA) is 90.1 Å². The number of carbonyl (C=O) groups is 1. The molecule has 12 heavy (non-hydrogen) atoms. The molecule has 0 radical (unpaired) electrons. The zero-order chi connectivity index (χ0) is 8.55. The molecule has 2 rings (SSSR count). The highest BCUT2D eigenvalue weighted by Gasteiger charge is 2.19. The van der Waals surface area contributed by atoms with E-state index in [9.17, 15) is 4.79 Å². The minimum Gasteiger partial charge on any atom is -0.456 e. The van der Waals surface area contributed by atoms with Gasteiger partial charge in [-0.1, -0.05) is 0 Å². The Morgan fingerprint density at radius 3 is 3.33 bits per heavy atom. The largest absolute Gasteiger partial charge is 0.456 e. The lowest BCUT2D eigenvalue weighted by atomic mass is 10.3. The molecule has 62 valence electrons. The van der Waals surface area contributed by atoms with Crippen LogP contribution in [0.2, 0.25) is 0 Å². The Morgan fingerprint density at radius 2 is 2.50 bits per heavy atom. The third kappa shape index (κ3) is 0.931. The summed E-state index contributed by atoms with van der Waals surface area (Å²) in [5.74, 6) is 0.103. The highest BCUT2D eigenvalue weighted by atomic mass is 16.5. The molecule has 0 saturated heterocycles. The van der Waals surface area contributed by atoms with Crippen molar-refractivity contribution in [3.63, 3.8) is 0 Å². The summed E-state index contributed by atoms with van der Waals surface area (Å²) in [6.07, 6.45) is 1.34. The fourth-order valence-electron chi connectivity index (χ4n) is 0.910. The number of anilines is 1. The first-order valence-corrected chi connectivity index (χ1v) is 3.31. The van der Waals surface area contributed by atoms with Gasteiger partial charge in [0.2, 0.25) is 11.8 Å². The van der Waals surface area contributed by atoms with Crippen LogP contribution in [0.3, 0.4) is 0 Å². The molecule has 1 aliphatic rings. The van der Waals surface area contributed by atoms with Crippen molar-refractivity contribution in [3.05, 3.63) is 11.8 Å². The zero-order valence-electron chi connectivity index (χ0n) is 6.07. The SMILES string of the molecule is Nc1ncc2c(n1)OCNC2=O. The van der Waals surface area contributed by atoms with E-state index in [2.05, 4.69) is 15.3 Å². The molecule has 1 amide bonds. The summed E-state index contributed by atoms with van der Waals surface area (Å²) >= 11 is 0. The van der Waals surface area contributed by atoms with Crippen molar-refractivity contribution >= 4 is 11.9 Å². The molecule has 3 N–H and O–H groups in total. The van der Waals surface area contributed by atoms with Crippen molar-refractivity contribution in [1.82, 2.24) is 15.3 Å². The molecule has 0 spiro atoms. The number of nitrogens with zero attached hydrogens (tertiary/aromatic N) is 2. The van der Waals surface area contributed by atoms with E-state index in [1.807, 2.05) is 0 Å². The number of rotatable bonds is 0. The van der Waals surface area contributed by atoms with Gasteiger partial charge in [-0.2, -0.15) is 4.98 Å². The van der Waals surface area contributed by atoms with Gasteiger partial charge in [-0.15, -0.1) is 0 Å². The highest BCUT2D eigenvalue weighted by Crippen LogP contribution is 2.17. The summed E-state index contributed by atoms with van der Waals surface area (Å²) < 4.78 is 5.01. The quantitative estimate of drug-likeness (QED) is 0.523. The van der Waals surface area contributed by atoms with Gasteiger partial charge in [0.15, 0.2) is 6.73 Å². The predicted molar refractivity (Wildman–Crippen MR) is 39.4 cm³/mol. The minimum atomic E-state index is -0.240. The van der Waals surface area contributed by atoms with Gasteiger partial charge < -0.3 is 15.8 Å². The maximum Gasteiger partial charge on any atom is 0.260 e. The Balaban J connectivity index is 2.53. The van der Waals surface area contributed by atoms with Crippen LogP contribution in [0.1, 0.15) is 10.4 Å². The normalized spacial score (nSPS) is 14.5. The van der Waals surface area contributed by atoms with Gasteiger partial charge >= 0.3 is 0 Å². The predicted octanol–water partition coefficient (Wildman–Crippen LogP) is -0.862. The van der Waals surface area contributed by atoms with Crippen molar-refractivity contribution in [2.24, 2.45) is 0 Å². The first kappa shape index (κ1) is 6.84. The lowest BCUT2D eigenvalue weighted by Crippen LogP contribution is -2.33. The summed E-state index contributed by atoms with van der Waals surface area (Å²) in [7, 11) is 0. The van der Waals surface area contributed by atoms with Crippen LogP contribution in [-0.2, 0) is 0 Å². The molecule has 0 bridgehead atoms. The number of nitrogens with one attached hydrogen (secondary N) is 1. The van der Waals surface area contributed by atoms with Gasteiger partial charge in [-0.3, -0.25) is 4.79 Å². The number of fused-ring (bicyclic) bond motifs is 1. The molecule has 1 aromatic rings. The average molecular weight is 166 g/mol. The number of aromatic nitrogens is 2. The lowest BCUT2D eigenvalue weighted by molar-refractivity contribution is 0.0877. The van der Waals surface area contributed by atoms with Gasteiger partial charge in [-0.05, 0) is 0 Å². The van der Waals surface area contributed by atoms with Crippen LogP contribution in [-0.4, -0.2) is 22.6 Å². The second kappa shape index (κ2) is 2.33. The van der Waals surface area contributed by atoms with Crippen molar-refractivity contribution < 1.29 is 9.53 Å². The third-order valence-corrected chi connectivity index (χ3v) is 1.46. The molecule has 0 saturated carbocycles. The summed E-state index contributed by atoms with van der Waals surface area (Å²) in [5, 5.41) is 2.48. The molecule has 0 unspecified atom stereocenters. The van der Waals surface area contributed by atoms with Crippen LogP contribution in [0.15, 0.2) is 6.20 Å². The minimum absolute atomic E-state index is 0.100. The molecule has 0 aliphatic carbocycles. The average Bonchev–Trinajstić information content (AvgIpc) is 2.04. The van der Waals surface area contributed by atoms with Crippen molar-refractivity contribution in [1.29, 1.82) is 0 Å². The number of carbonyl (C=O) groups excluding carboxylic acids is 1. The number of nitrogen functional groups attached to an aromatic ring is 1. The second-order valence-corrected chi connectivity index (χ2v) is 2.24. The molecule has 0 fully saturated rings. The number of hydrogen-bond acceptors (Lipinski definition) is 5. The summed E-state index contributed by atoms with van der Waals surface area (Å²) in [4.78, 5) is 18.5. The molecule has 6 heteroatoms. The Labute approximate surface area is 67.8 Å². The highest BCUT2D eigenvalue weighted by molar-refractivity contribution is 5.96. The fourth-order valence-corrected chi connectivity index (χ4v) is 0.910. The smallest absolute Gasteiger partial charge is 0.260 e. The summed E-state index contributed by atoms with van der Waals surface area (Å²) in [5.41, 5.74) is 5.61. The van der Waals surface area contributed by atoms with Crippen LogP contribution in [0.4, 0.5) is 5.95 Å². The molecule has 2 heterocycles. The second-order valence-electron chi connectivity index (χ2n) is 2.24. The van der Waals surface area contributed by atoms with Gasteiger partial charge in [-0.25, -0.2) is 4.98 Å². The molecule has 0 atom stereocenters. The summed E-state index contributed by atoms with van der Waals surface area (Å²) in [6, 6.07) is 0. The van der Waals surface area contributed by atoms with E-state index in [1.54, 1.807) is 0 Å². The maximum absolute atomic E-state index is 11.1. The van der Waals surface area contributed by atoms with Crippen LogP contribution in [0.25, 0.3) is 0 Å². The molecule has 1 aromatic heterocycles. The Morgan fingerprint density at radius 1 is 1.67 bits per heavy atom.